The summed E-state index contributed by atoms with van der Waals surface area (Å²) in [6.07, 6.45) is -4.46. The van der Waals surface area contributed by atoms with Gasteiger partial charge in [-0.3, -0.25) is 14.3 Å². The number of nitrogens with one attached hydrogen (secondary N) is 2. The molecule has 1 aromatic heterocycles. The molecular weight excluding hydrogens is 404 g/mol. The highest BCUT2D eigenvalue weighted by atomic mass is 35.5. The summed E-state index contributed by atoms with van der Waals surface area (Å²) in [5.41, 5.74) is -1.49. The fourth-order valence-electron chi connectivity index (χ4n) is 2.82. The van der Waals surface area contributed by atoms with E-state index in [2.05, 4.69) is 5.32 Å². The number of aromatic nitrogens is 2. The Morgan fingerprint density at radius 2 is 1.89 bits per heavy atom. The summed E-state index contributed by atoms with van der Waals surface area (Å²) >= 11 is 12.2. The molecule has 1 aromatic carbocycles. The lowest BCUT2D eigenvalue weighted by molar-refractivity contribution is -0.0397. The first kappa shape index (κ1) is 20.0. The predicted molar refractivity (Wildman–Crippen MR) is 95.4 cm³/mol. The average Bonchev–Trinajstić information content (AvgIpc) is 2.89. The van der Waals surface area contributed by atoms with Gasteiger partial charge in [-0.25, -0.2) is 4.79 Å². The van der Waals surface area contributed by atoms with E-state index in [4.69, 9.17) is 27.9 Å². The summed E-state index contributed by atoms with van der Waals surface area (Å²) in [5.74, 6) is -1.21. The van der Waals surface area contributed by atoms with Gasteiger partial charge in [0.25, 0.3) is 5.56 Å². The molecule has 1 aliphatic heterocycles. The van der Waals surface area contributed by atoms with Gasteiger partial charge in [-0.15, -0.1) is 0 Å². The second-order valence-corrected chi connectivity index (χ2v) is 6.84. The molecule has 0 radical (unpaired) electrons. The highest BCUT2D eigenvalue weighted by Crippen LogP contribution is 2.28. The summed E-state index contributed by atoms with van der Waals surface area (Å²) in [5, 5.41) is 24.2. The third kappa shape index (κ3) is 4.08. The fraction of sp³-hybridized carbons (Fsp3) is 0.375. The molecule has 0 amide bonds. The van der Waals surface area contributed by atoms with Crippen LogP contribution >= 0.6 is 23.2 Å². The van der Waals surface area contributed by atoms with Crippen LogP contribution in [0.3, 0.4) is 0 Å². The molecular formula is C16H16Cl2FN3O5. The molecule has 27 heavy (non-hydrogen) atoms. The number of H-pyrrole nitrogens is 1. The van der Waals surface area contributed by atoms with Crippen LogP contribution < -0.4 is 16.6 Å². The Kier molecular flexibility index (Phi) is 5.99. The number of hydrogen-bond donors (Lipinski definition) is 4. The summed E-state index contributed by atoms with van der Waals surface area (Å²) in [6, 6.07) is 5.07. The number of aliphatic hydroxyl groups excluding tert-OH is 2. The lowest BCUT2D eigenvalue weighted by Crippen LogP contribution is -2.39. The summed E-state index contributed by atoms with van der Waals surface area (Å²) in [6.45, 7) is 0.371. The van der Waals surface area contributed by atoms with E-state index in [9.17, 15) is 24.2 Å². The first-order valence-corrected chi connectivity index (χ1v) is 8.71. The topological polar surface area (TPSA) is 117 Å². The summed E-state index contributed by atoms with van der Waals surface area (Å²) < 4.78 is 19.6. The highest BCUT2D eigenvalue weighted by molar-refractivity contribution is 6.35. The van der Waals surface area contributed by atoms with Crippen molar-refractivity contribution in [2.24, 2.45) is 0 Å². The van der Waals surface area contributed by atoms with Crippen LogP contribution in [0.5, 0.6) is 0 Å². The van der Waals surface area contributed by atoms with Crippen molar-refractivity contribution >= 4 is 23.2 Å². The van der Waals surface area contributed by atoms with E-state index in [-0.39, 0.29) is 13.1 Å². The molecule has 8 nitrogen and oxygen atoms in total. The van der Waals surface area contributed by atoms with Gasteiger partial charge >= 0.3 is 5.69 Å². The van der Waals surface area contributed by atoms with E-state index in [0.717, 1.165) is 0 Å². The third-order valence-electron chi connectivity index (χ3n) is 4.24. The molecule has 4 N–H and O–H groups in total. The zero-order valence-electron chi connectivity index (χ0n) is 13.7. The van der Waals surface area contributed by atoms with E-state index in [1.165, 1.54) is 0 Å². The van der Waals surface area contributed by atoms with Crippen LogP contribution in [-0.4, -0.2) is 44.6 Å². The smallest absolute Gasteiger partial charge is 0.330 e. The zero-order chi connectivity index (χ0) is 19.7. The van der Waals surface area contributed by atoms with Crippen molar-refractivity contribution in [3.8, 4) is 0 Å². The molecule has 4 atom stereocenters. The van der Waals surface area contributed by atoms with E-state index in [1.54, 1.807) is 23.2 Å². The van der Waals surface area contributed by atoms with Gasteiger partial charge in [0.05, 0.1) is 6.20 Å². The van der Waals surface area contributed by atoms with Gasteiger partial charge in [0.15, 0.2) is 6.23 Å². The number of aromatic amines is 1. The molecule has 1 aliphatic rings. The number of ether oxygens (including phenoxy) is 1. The van der Waals surface area contributed by atoms with Gasteiger partial charge in [0.1, 0.15) is 18.3 Å². The third-order valence-corrected chi connectivity index (χ3v) is 4.95. The van der Waals surface area contributed by atoms with Gasteiger partial charge in [-0.2, -0.15) is 4.39 Å². The van der Waals surface area contributed by atoms with Crippen molar-refractivity contribution in [3.05, 3.63) is 66.7 Å². The molecule has 1 saturated heterocycles. The van der Waals surface area contributed by atoms with Crippen LogP contribution in [0.15, 0.2) is 34.0 Å². The standard InChI is InChI=1S/C16H16Cl2FN3O5/c17-8-2-1-3-9(18)7(8)4-20-5-11-12(23)13(24)15(27-11)22-6-10(19)14(25)21-16(22)26/h1-3,6,11-13,15,20,23-24H,4-5H2,(H,21,25,26)/t11-,12-,13-,15-/m1/s1. The molecule has 0 spiro atoms. The Labute approximate surface area is 162 Å². The lowest BCUT2D eigenvalue weighted by atomic mass is 10.1. The molecule has 3 rings (SSSR count). The molecule has 146 valence electrons. The first-order chi connectivity index (χ1) is 12.8. The van der Waals surface area contributed by atoms with E-state index >= 15 is 0 Å². The van der Waals surface area contributed by atoms with Gasteiger partial charge in [-0.05, 0) is 12.1 Å². The van der Waals surface area contributed by atoms with Gasteiger partial charge in [0.2, 0.25) is 5.82 Å². The molecule has 0 unspecified atom stereocenters. The monoisotopic (exact) mass is 419 g/mol. The number of halogens is 3. The Morgan fingerprint density at radius 3 is 2.56 bits per heavy atom. The van der Waals surface area contributed by atoms with Crippen molar-refractivity contribution < 1.29 is 19.3 Å². The maximum Gasteiger partial charge on any atom is 0.330 e. The van der Waals surface area contributed by atoms with Gasteiger partial charge < -0.3 is 20.3 Å². The van der Waals surface area contributed by atoms with Crippen molar-refractivity contribution in [1.82, 2.24) is 14.9 Å². The number of hydrogen-bond acceptors (Lipinski definition) is 6. The quantitative estimate of drug-likeness (QED) is 0.556. The SMILES string of the molecule is O=c1[nH]c(=O)n([C@@H]2O[C@H](CNCc3c(Cl)cccc3Cl)[C@@H](O)[C@H]2O)cc1F. The Morgan fingerprint density at radius 1 is 1.22 bits per heavy atom. The second-order valence-electron chi connectivity index (χ2n) is 6.02. The van der Waals surface area contributed by atoms with Crippen LogP contribution in [0.25, 0.3) is 0 Å². The highest BCUT2D eigenvalue weighted by Gasteiger charge is 2.44. The van der Waals surface area contributed by atoms with Gasteiger partial charge in [-0.1, -0.05) is 29.3 Å². The Balaban J connectivity index is 1.69. The van der Waals surface area contributed by atoms with Crippen molar-refractivity contribution in [1.29, 1.82) is 0 Å². The number of rotatable bonds is 5. The molecule has 0 saturated carbocycles. The normalized spacial score (nSPS) is 25.1. The second kappa shape index (κ2) is 8.09. The summed E-state index contributed by atoms with van der Waals surface area (Å²) in [4.78, 5) is 24.7. The van der Waals surface area contributed by atoms with Crippen LogP contribution in [0, 0.1) is 5.82 Å². The van der Waals surface area contributed by atoms with Gasteiger partial charge in [0, 0.05) is 28.7 Å². The van der Waals surface area contributed by atoms with E-state index in [1.807, 2.05) is 0 Å². The number of aliphatic hydroxyl groups is 2. The Bertz CT molecular complexity index is 930. The minimum Gasteiger partial charge on any atom is -0.387 e. The van der Waals surface area contributed by atoms with Crippen molar-refractivity contribution in [2.45, 2.75) is 31.1 Å². The van der Waals surface area contributed by atoms with Crippen molar-refractivity contribution in [3.63, 3.8) is 0 Å². The lowest BCUT2D eigenvalue weighted by Gasteiger charge is -2.17. The van der Waals surface area contributed by atoms with Crippen molar-refractivity contribution in [2.75, 3.05) is 6.54 Å². The predicted octanol–water partition coefficient (Wildman–Crippen LogP) is 0.391. The number of nitrogens with zero attached hydrogens (tertiary/aromatic N) is 1. The summed E-state index contributed by atoms with van der Waals surface area (Å²) in [7, 11) is 0. The fourth-order valence-corrected chi connectivity index (χ4v) is 3.35. The maximum atomic E-state index is 13.5. The molecule has 1 fully saturated rings. The van der Waals surface area contributed by atoms with E-state index in [0.29, 0.717) is 26.4 Å². The van der Waals surface area contributed by atoms with Crippen LogP contribution in [0.2, 0.25) is 10.0 Å². The van der Waals surface area contributed by atoms with Crippen LogP contribution in [0.4, 0.5) is 4.39 Å². The number of benzene rings is 1. The molecule has 11 heteroatoms. The minimum atomic E-state index is -1.50. The first-order valence-electron chi connectivity index (χ1n) is 7.95. The molecule has 0 aliphatic carbocycles. The minimum absolute atomic E-state index is 0.0941. The molecule has 0 bridgehead atoms. The van der Waals surface area contributed by atoms with Crippen LogP contribution in [0.1, 0.15) is 11.8 Å². The zero-order valence-corrected chi connectivity index (χ0v) is 15.2. The van der Waals surface area contributed by atoms with Crippen LogP contribution in [-0.2, 0) is 11.3 Å². The maximum absolute atomic E-state index is 13.5. The largest absolute Gasteiger partial charge is 0.387 e. The van der Waals surface area contributed by atoms with E-state index < -0.39 is 41.6 Å². The Hall–Kier alpha value is -1.75. The average molecular weight is 420 g/mol. The molecule has 2 aromatic rings. The molecule has 2 heterocycles.